The number of nitrogens with one attached hydrogen (secondary N) is 1. The van der Waals surface area contributed by atoms with Crippen LogP contribution in [-0.4, -0.2) is 56.9 Å². The Kier molecular flexibility index (Phi) is 7.84. The van der Waals surface area contributed by atoms with E-state index in [-0.39, 0.29) is 11.7 Å². The first-order chi connectivity index (χ1) is 14.5. The van der Waals surface area contributed by atoms with Gasteiger partial charge in [0.15, 0.2) is 11.0 Å². The molecular formula is C21H25ClN6OS. The maximum absolute atomic E-state index is 12.5. The number of hydrogen-bond donors (Lipinski definition) is 1. The Hall–Kier alpha value is -2.42. The van der Waals surface area contributed by atoms with E-state index in [0.29, 0.717) is 5.02 Å². The smallest absolute Gasteiger partial charge is 0.234 e. The van der Waals surface area contributed by atoms with E-state index in [1.165, 1.54) is 11.8 Å². The second kappa shape index (κ2) is 10.6. The number of halogens is 1. The van der Waals surface area contributed by atoms with Crippen LogP contribution in [0.1, 0.15) is 12.0 Å². The number of carbonyl (C=O) groups excluding carboxylic acids is 1. The van der Waals surface area contributed by atoms with E-state index in [1.807, 2.05) is 45.3 Å². The average molecular weight is 445 g/mol. The lowest BCUT2D eigenvalue weighted by molar-refractivity contribution is -0.113. The first kappa shape index (κ1) is 22.3. The van der Waals surface area contributed by atoms with Crippen molar-refractivity contribution in [2.75, 3.05) is 31.7 Å². The third-order valence-corrected chi connectivity index (χ3v) is 5.89. The van der Waals surface area contributed by atoms with Crippen molar-refractivity contribution >= 4 is 35.0 Å². The van der Waals surface area contributed by atoms with Crippen LogP contribution in [0.15, 0.2) is 47.9 Å². The van der Waals surface area contributed by atoms with E-state index in [2.05, 4.69) is 30.0 Å². The Labute approximate surface area is 185 Å². The van der Waals surface area contributed by atoms with Crippen molar-refractivity contribution < 1.29 is 4.79 Å². The lowest BCUT2D eigenvalue weighted by atomic mass is 10.2. The SMILES string of the molecule is Cc1c(Cl)cccc1NC(=O)CSc1nnc(-c2ccncc2)n1CCCN(C)C. The first-order valence-corrected chi connectivity index (χ1v) is 11.0. The first-order valence-electron chi connectivity index (χ1n) is 9.62. The summed E-state index contributed by atoms with van der Waals surface area (Å²) in [6.45, 7) is 3.60. The lowest BCUT2D eigenvalue weighted by Crippen LogP contribution is -2.17. The van der Waals surface area contributed by atoms with Gasteiger partial charge in [-0.15, -0.1) is 10.2 Å². The van der Waals surface area contributed by atoms with Gasteiger partial charge in [-0.05, 0) is 63.8 Å². The normalized spacial score (nSPS) is 11.1. The molecule has 1 amide bonds. The van der Waals surface area contributed by atoms with Gasteiger partial charge >= 0.3 is 0 Å². The molecule has 0 radical (unpaired) electrons. The number of benzene rings is 1. The van der Waals surface area contributed by atoms with Gasteiger partial charge < -0.3 is 14.8 Å². The Bertz CT molecular complexity index is 992. The quantitative estimate of drug-likeness (QED) is 0.503. The van der Waals surface area contributed by atoms with Crippen molar-refractivity contribution in [3.05, 3.63) is 53.3 Å². The molecule has 0 aliphatic heterocycles. The van der Waals surface area contributed by atoms with Crippen molar-refractivity contribution in [1.82, 2.24) is 24.6 Å². The summed E-state index contributed by atoms with van der Waals surface area (Å²) < 4.78 is 2.07. The van der Waals surface area contributed by atoms with E-state index < -0.39 is 0 Å². The van der Waals surface area contributed by atoms with Gasteiger partial charge in [0.05, 0.1) is 5.75 Å². The van der Waals surface area contributed by atoms with Gasteiger partial charge in [-0.3, -0.25) is 9.78 Å². The van der Waals surface area contributed by atoms with Crippen LogP contribution in [0, 0.1) is 6.92 Å². The minimum Gasteiger partial charge on any atom is -0.325 e. The van der Waals surface area contributed by atoms with Crippen LogP contribution in [-0.2, 0) is 11.3 Å². The molecule has 0 bridgehead atoms. The fraction of sp³-hybridized carbons (Fsp3) is 0.333. The van der Waals surface area contributed by atoms with Gasteiger partial charge in [-0.2, -0.15) is 0 Å². The molecular weight excluding hydrogens is 420 g/mol. The molecule has 1 N–H and O–H groups in total. The minimum atomic E-state index is -0.112. The summed E-state index contributed by atoms with van der Waals surface area (Å²) in [6, 6.07) is 9.29. The third-order valence-electron chi connectivity index (χ3n) is 4.52. The molecule has 2 aromatic heterocycles. The monoisotopic (exact) mass is 444 g/mol. The number of aromatic nitrogens is 4. The van der Waals surface area contributed by atoms with Crippen LogP contribution in [0.4, 0.5) is 5.69 Å². The number of carbonyl (C=O) groups is 1. The fourth-order valence-corrected chi connectivity index (χ4v) is 3.85. The largest absolute Gasteiger partial charge is 0.325 e. The predicted molar refractivity (Wildman–Crippen MR) is 122 cm³/mol. The van der Waals surface area contributed by atoms with Crippen molar-refractivity contribution in [2.45, 2.75) is 25.0 Å². The van der Waals surface area contributed by atoms with Gasteiger partial charge in [-0.25, -0.2) is 0 Å². The Morgan fingerprint density at radius 2 is 1.97 bits per heavy atom. The molecule has 0 spiro atoms. The van der Waals surface area contributed by atoms with Gasteiger partial charge in [0, 0.05) is 35.2 Å². The second-order valence-electron chi connectivity index (χ2n) is 7.10. The van der Waals surface area contributed by atoms with Crippen LogP contribution in [0.5, 0.6) is 0 Å². The fourth-order valence-electron chi connectivity index (χ4n) is 2.92. The molecule has 30 heavy (non-hydrogen) atoms. The zero-order valence-corrected chi connectivity index (χ0v) is 18.9. The third kappa shape index (κ3) is 5.81. The predicted octanol–water partition coefficient (Wildman–Crippen LogP) is 3.98. The zero-order chi connectivity index (χ0) is 21.5. The molecule has 0 aliphatic carbocycles. The van der Waals surface area contributed by atoms with Crippen molar-refractivity contribution in [1.29, 1.82) is 0 Å². The summed E-state index contributed by atoms with van der Waals surface area (Å²) >= 11 is 7.51. The van der Waals surface area contributed by atoms with E-state index in [1.54, 1.807) is 18.5 Å². The lowest BCUT2D eigenvalue weighted by Gasteiger charge is -2.13. The van der Waals surface area contributed by atoms with Gasteiger partial charge in [-0.1, -0.05) is 29.4 Å². The highest BCUT2D eigenvalue weighted by molar-refractivity contribution is 7.99. The van der Waals surface area contributed by atoms with Gasteiger partial charge in [0.2, 0.25) is 5.91 Å². The number of rotatable bonds is 9. The van der Waals surface area contributed by atoms with Crippen LogP contribution < -0.4 is 5.32 Å². The summed E-state index contributed by atoms with van der Waals surface area (Å²) in [7, 11) is 4.10. The number of pyridine rings is 1. The van der Waals surface area contributed by atoms with Crippen LogP contribution in [0.25, 0.3) is 11.4 Å². The van der Waals surface area contributed by atoms with E-state index in [9.17, 15) is 4.79 Å². The zero-order valence-electron chi connectivity index (χ0n) is 17.3. The number of nitrogens with zero attached hydrogens (tertiary/aromatic N) is 5. The van der Waals surface area contributed by atoms with Crippen molar-refractivity contribution in [2.24, 2.45) is 0 Å². The molecule has 0 fully saturated rings. The van der Waals surface area contributed by atoms with Crippen molar-refractivity contribution in [3.8, 4) is 11.4 Å². The summed E-state index contributed by atoms with van der Waals surface area (Å²) in [6.07, 6.45) is 4.42. The maximum atomic E-state index is 12.5. The Balaban J connectivity index is 1.72. The summed E-state index contributed by atoms with van der Waals surface area (Å²) in [5.74, 6) is 0.900. The molecule has 0 saturated carbocycles. The number of amides is 1. The molecule has 0 saturated heterocycles. The molecule has 7 nitrogen and oxygen atoms in total. The van der Waals surface area contributed by atoms with Crippen LogP contribution in [0.2, 0.25) is 5.02 Å². The molecule has 2 heterocycles. The molecule has 9 heteroatoms. The van der Waals surface area contributed by atoms with Gasteiger partial charge in [0.25, 0.3) is 0 Å². The number of anilines is 1. The molecule has 0 unspecified atom stereocenters. The Morgan fingerprint density at radius 3 is 2.70 bits per heavy atom. The molecule has 3 rings (SSSR count). The van der Waals surface area contributed by atoms with E-state index in [0.717, 1.165) is 47.3 Å². The molecule has 0 atom stereocenters. The highest BCUT2D eigenvalue weighted by Gasteiger charge is 2.16. The summed E-state index contributed by atoms with van der Waals surface area (Å²) in [5, 5.41) is 13.0. The second-order valence-corrected chi connectivity index (χ2v) is 8.45. The minimum absolute atomic E-state index is 0.112. The summed E-state index contributed by atoms with van der Waals surface area (Å²) in [5.41, 5.74) is 2.52. The van der Waals surface area contributed by atoms with Crippen molar-refractivity contribution in [3.63, 3.8) is 0 Å². The van der Waals surface area contributed by atoms with Gasteiger partial charge in [0.1, 0.15) is 0 Å². The molecule has 0 aliphatic rings. The van der Waals surface area contributed by atoms with E-state index in [4.69, 9.17) is 11.6 Å². The standard InChI is InChI=1S/C21H25ClN6OS/c1-15-17(22)6-4-7-18(15)24-19(29)14-30-21-26-25-20(16-8-10-23-11-9-16)28(21)13-5-12-27(2)3/h4,6-11H,5,12-14H2,1-3H3,(H,24,29). The van der Waals surface area contributed by atoms with Crippen LogP contribution >= 0.6 is 23.4 Å². The highest BCUT2D eigenvalue weighted by Crippen LogP contribution is 2.26. The topological polar surface area (TPSA) is 75.9 Å². The number of hydrogen-bond acceptors (Lipinski definition) is 6. The Morgan fingerprint density at radius 1 is 1.20 bits per heavy atom. The summed E-state index contributed by atoms with van der Waals surface area (Å²) in [4.78, 5) is 18.7. The molecule has 1 aromatic carbocycles. The average Bonchev–Trinajstić information content (AvgIpc) is 3.13. The van der Waals surface area contributed by atoms with E-state index >= 15 is 0 Å². The molecule has 158 valence electrons. The molecule has 3 aromatic rings. The number of thioether (sulfide) groups is 1. The van der Waals surface area contributed by atoms with Crippen LogP contribution in [0.3, 0.4) is 0 Å². The maximum Gasteiger partial charge on any atom is 0.234 e. The highest BCUT2D eigenvalue weighted by atomic mass is 35.5.